The lowest BCUT2D eigenvalue weighted by atomic mass is 9.93. The van der Waals surface area contributed by atoms with E-state index in [2.05, 4.69) is 10.6 Å². The summed E-state index contributed by atoms with van der Waals surface area (Å²) in [6.45, 7) is 8.83. The summed E-state index contributed by atoms with van der Waals surface area (Å²) in [6.07, 6.45) is 0. The molecule has 0 spiro atoms. The Morgan fingerprint density at radius 1 is 1.31 bits per heavy atom. The Labute approximate surface area is 97.2 Å². The zero-order valence-corrected chi connectivity index (χ0v) is 10.6. The van der Waals surface area contributed by atoms with Gasteiger partial charge in [-0.3, -0.25) is 9.59 Å². The van der Waals surface area contributed by atoms with Gasteiger partial charge in [-0.25, -0.2) is 0 Å². The molecule has 0 atom stereocenters. The lowest BCUT2D eigenvalue weighted by Crippen LogP contribution is -2.44. The van der Waals surface area contributed by atoms with Crippen LogP contribution in [0.4, 0.5) is 0 Å². The first-order chi connectivity index (χ1) is 7.25. The Morgan fingerprint density at radius 2 is 1.88 bits per heavy atom. The van der Waals surface area contributed by atoms with Gasteiger partial charge in [0.1, 0.15) is 0 Å². The third-order valence-electron chi connectivity index (χ3n) is 2.23. The van der Waals surface area contributed by atoms with E-state index in [0.29, 0.717) is 19.0 Å². The highest BCUT2D eigenvalue weighted by Gasteiger charge is 2.24. The van der Waals surface area contributed by atoms with Crippen LogP contribution >= 0.6 is 0 Å². The zero-order chi connectivity index (χ0) is 12.8. The number of carbonyl (C=O) groups is 2. The topological polar surface area (TPSA) is 84.2 Å². The second-order valence-electron chi connectivity index (χ2n) is 5.05. The van der Waals surface area contributed by atoms with Gasteiger partial charge >= 0.3 is 0 Å². The normalized spacial score (nSPS) is 11.6. The molecule has 0 rings (SSSR count). The smallest absolute Gasteiger partial charge is 0.233 e. The van der Waals surface area contributed by atoms with E-state index in [0.717, 1.165) is 0 Å². The van der Waals surface area contributed by atoms with Crippen LogP contribution in [0.15, 0.2) is 0 Å². The lowest BCUT2D eigenvalue weighted by molar-refractivity contribution is -0.126. The highest BCUT2D eigenvalue weighted by atomic mass is 16.2. The molecule has 94 valence electrons. The van der Waals surface area contributed by atoms with E-state index < -0.39 is 5.41 Å². The van der Waals surface area contributed by atoms with Gasteiger partial charge in [0.15, 0.2) is 0 Å². The number of carbonyl (C=O) groups excluding carboxylic acids is 2. The summed E-state index contributed by atoms with van der Waals surface area (Å²) in [7, 11) is 0. The number of nitrogens with one attached hydrogen (secondary N) is 2. The number of nitrogens with two attached hydrogens (primary N) is 1. The Balaban J connectivity index is 3.74. The SMILES string of the molecule is CC(C)CNC(=O)CNCC(C)(C)C(N)=O. The predicted molar refractivity (Wildman–Crippen MR) is 63.7 cm³/mol. The molecule has 0 bridgehead atoms. The van der Waals surface area contributed by atoms with Gasteiger partial charge < -0.3 is 16.4 Å². The van der Waals surface area contributed by atoms with E-state index in [-0.39, 0.29) is 18.4 Å². The molecule has 5 nitrogen and oxygen atoms in total. The maximum Gasteiger partial charge on any atom is 0.233 e. The molecule has 0 saturated heterocycles. The maximum absolute atomic E-state index is 11.3. The van der Waals surface area contributed by atoms with Gasteiger partial charge in [0.25, 0.3) is 0 Å². The minimum atomic E-state index is -0.627. The average molecular weight is 229 g/mol. The van der Waals surface area contributed by atoms with Crippen molar-refractivity contribution in [2.75, 3.05) is 19.6 Å². The van der Waals surface area contributed by atoms with Crippen LogP contribution in [-0.2, 0) is 9.59 Å². The van der Waals surface area contributed by atoms with Crippen molar-refractivity contribution in [2.45, 2.75) is 27.7 Å². The van der Waals surface area contributed by atoms with Crippen LogP contribution in [-0.4, -0.2) is 31.4 Å². The molecule has 0 saturated carbocycles. The minimum absolute atomic E-state index is 0.0611. The highest BCUT2D eigenvalue weighted by Crippen LogP contribution is 2.11. The molecule has 0 aromatic heterocycles. The highest BCUT2D eigenvalue weighted by molar-refractivity contribution is 5.80. The van der Waals surface area contributed by atoms with Gasteiger partial charge in [0.05, 0.1) is 12.0 Å². The Hall–Kier alpha value is -1.10. The van der Waals surface area contributed by atoms with Crippen molar-refractivity contribution >= 4 is 11.8 Å². The van der Waals surface area contributed by atoms with Gasteiger partial charge in [-0.1, -0.05) is 13.8 Å². The number of primary amides is 1. The van der Waals surface area contributed by atoms with E-state index in [4.69, 9.17) is 5.73 Å². The average Bonchev–Trinajstić information content (AvgIpc) is 2.14. The largest absolute Gasteiger partial charge is 0.369 e. The van der Waals surface area contributed by atoms with Crippen molar-refractivity contribution in [3.8, 4) is 0 Å². The van der Waals surface area contributed by atoms with Crippen LogP contribution in [0.25, 0.3) is 0 Å². The van der Waals surface area contributed by atoms with Crippen LogP contribution in [0.2, 0.25) is 0 Å². The molecule has 0 aliphatic heterocycles. The van der Waals surface area contributed by atoms with E-state index in [1.54, 1.807) is 13.8 Å². The van der Waals surface area contributed by atoms with Crippen LogP contribution < -0.4 is 16.4 Å². The van der Waals surface area contributed by atoms with Crippen LogP contribution in [0.1, 0.15) is 27.7 Å². The fourth-order valence-corrected chi connectivity index (χ4v) is 0.956. The van der Waals surface area contributed by atoms with Crippen LogP contribution in [0, 0.1) is 11.3 Å². The fraction of sp³-hybridized carbons (Fsp3) is 0.818. The van der Waals surface area contributed by atoms with E-state index >= 15 is 0 Å². The number of hydrogen-bond donors (Lipinski definition) is 3. The summed E-state index contributed by atoms with van der Waals surface area (Å²) in [5.74, 6) is 0.00238. The first-order valence-electron chi connectivity index (χ1n) is 5.53. The molecule has 0 aliphatic rings. The first kappa shape index (κ1) is 14.9. The summed E-state index contributed by atoms with van der Waals surface area (Å²) in [5.41, 5.74) is 4.58. The molecule has 4 N–H and O–H groups in total. The molecular weight excluding hydrogens is 206 g/mol. The lowest BCUT2D eigenvalue weighted by Gasteiger charge is -2.20. The molecule has 16 heavy (non-hydrogen) atoms. The zero-order valence-electron chi connectivity index (χ0n) is 10.6. The molecule has 0 aromatic rings. The van der Waals surface area contributed by atoms with Gasteiger partial charge in [-0.2, -0.15) is 0 Å². The van der Waals surface area contributed by atoms with Crippen molar-refractivity contribution in [2.24, 2.45) is 17.1 Å². The maximum atomic E-state index is 11.3. The van der Waals surface area contributed by atoms with Crippen LogP contribution in [0.5, 0.6) is 0 Å². The van der Waals surface area contributed by atoms with Crippen LogP contribution in [0.3, 0.4) is 0 Å². The van der Waals surface area contributed by atoms with E-state index in [1.165, 1.54) is 0 Å². The second-order valence-corrected chi connectivity index (χ2v) is 5.05. The molecule has 0 aromatic carbocycles. The molecule has 0 unspecified atom stereocenters. The summed E-state index contributed by atoms with van der Waals surface area (Å²) in [6, 6.07) is 0. The molecule has 5 heteroatoms. The molecule has 2 amide bonds. The van der Waals surface area contributed by atoms with Crippen molar-refractivity contribution in [3.63, 3.8) is 0 Å². The Morgan fingerprint density at radius 3 is 2.31 bits per heavy atom. The van der Waals surface area contributed by atoms with Crippen molar-refractivity contribution in [1.29, 1.82) is 0 Å². The third kappa shape index (κ3) is 6.40. The summed E-state index contributed by atoms with van der Waals surface area (Å²) < 4.78 is 0. The Bertz CT molecular complexity index is 250. The standard InChI is InChI=1S/C11H23N3O2/c1-8(2)5-14-9(15)6-13-7-11(3,4)10(12)16/h8,13H,5-7H2,1-4H3,(H2,12,16)(H,14,15). The number of amides is 2. The molecular formula is C11H23N3O2. The molecule has 0 heterocycles. The predicted octanol–water partition coefficient (Wildman–Crippen LogP) is -0.140. The van der Waals surface area contributed by atoms with E-state index in [9.17, 15) is 9.59 Å². The van der Waals surface area contributed by atoms with Gasteiger partial charge in [-0.15, -0.1) is 0 Å². The molecule has 0 radical (unpaired) electrons. The fourth-order valence-electron chi connectivity index (χ4n) is 0.956. The summed E-state index contributed by atoms with van der Waals surface area (Å²) >= 11 is 0. The minimum Gasteiger partial charge on any atom is -0.369 e. The molecule has 0 aliphatic carbocycles. The van der Waals surface area contributed by atoms with Gasteiger partial charge in [-0.05, 0) is 19.8 Å². The van der Waals surface area contributed by atoms with Crippen molar-refractivity contribution in [3.05, 3.63) is 0 Å². The second kappa shape index (κ2) is 6.48. The van der Waals surface area contributed by atoms with Crippen molar-refractivity contribution < 1.29 is 9.59 Å². The third-order valence-corrected chi connectivity index (χ3v) is 2.23. The monoisotopic (exact) mass is 229 g/mol. The van der Waals surface area contributed by atoms with Gasteiger partial charge in [0.2, 0.25) is 11.8 Å². The van der Waals surface area contributed by atoms with Crippen molar-refractivity contribution in [1.82, 2.24) is 10.6 Å². The summed E-state index contributed by atoms with van der Waals surface area (Å²) in [4.78, 5) is 22.3. The molecule has 0 fully saturated rings. The number of hydrogen-bond acceptors (Lipinski definition) is 3. The number of rotatable bonds is 7. The summed E-state index contributed by atoms with van der Waals surface area (Å²) in [5, 5.41) is 5.70. The Kier molecular flexibility index (Phi) is 6.03. The first-order valence-corrected chi connectivity index (χ1v) is 5.53. The quantitative estimate of drug-likeness (QED) is 0.568. The van der Waals surface area contributed by atoms with Gasteiger partial charge in [0, 0.05) is 13.1 Å². The van der Waals surface area contributed by atoms with E-state index in [1.807, 2.05) is 13.8 Å².